The average Bonchev–Trinajstić information content (AvgIpc) is 3.63. The van der Waals surface area contributed by atoms with E-state index in [1.165, 1.54) is 18.5 Å². The van der Waals surface area contributed by atoms with Gasteiger partial charge in [0.2, 0.25) is 0 Å². The number of anilines is 1. The van der Waals surface area contributed by atoms with E-state index in [4.69, 9.17) is 4.98 Å². The van der Waals surface area contributed by atoms with Crippen molar-refractivity contribution in [3.63, 3.8) is 0 Å². The van der Waals surface area contributed by atoms with Gasteiger partial charge in [-0.2, -0.15) is 5.10 Å². The van der Waals surface area contributed by atoms with Crippen LogP contribution in [0.1, 0.15) is 34.5 Å². The van der Waals surface area contributed by atoms with Crippen LogP contribution in [0.15, 0.2) is 54.6 Å². The third-order valence-electron chi connectivity index (χ3n) is 7.13. The Morgan fingerprint density at radius 3 is 2.51 bits per heavy atom. The minimum absolute atomic E-state index is 0.0268. The van der Waals surface area contributed by atoms with Gasteiger partial charge >= 0.3 is 0 Å². The molecule has 2 aromatic heterocycles. The van der Waals surface area contributed by atoms with Gasteiger partial charge in [0.25, 0.3) is 5.91 Å². The number of phenols is 1. The Kier molecular flexibility index (Phi) is 6.32. The van der Waals surface area contributed by atoms with Gasteiger partial charge in [0.05, 0.1) is 22.3 Å². The van der Waals surface area contributed by atoms with Gasteiger partial charge in [-0.3, -0.25) is 9.89 Å². The van der Waals surface area contributed by atoms with Crippen LogP contribution in [-0.2, 0) is 0 Å². The Balaban J connectivity index is 1.40. The second-order valence-corrected chi connectivity index (χ2v) is 9.60. The number of fused-ring (bicyclic) bond motifs is 1. The monoisotopic (exact) mass is 494 g/mol. The number of hydrogen-bond donors (Lipinski definition) is 3. The number of nitrogens with zero attached hydrogens (tertiary/aromatic N) is 4. The summed E-state index contributed by atoms with van der Waals surface area (Å²) in [5.41, 5.74) is 5.63. The van der Waals surface area contributed by atoms with E-state index in [-0.39, 0.29) is 11.7 Å². The van der Waals surface area contributed by atoms with E-state index >= 15 is 0 Å². The van der Waals surface area contributed by atoms with Gasteiger partial charge in [0.1, 0.15) is 5.75 Å². The molecule has 37 heavy (non-hydrogen) atoms. The molecule has 0 bridgehead atoms. The molecule has 0 radical (unpaired) electrons. The van der Waals surface area contributed by atoms with Crippen LogP contribution < -0.4 is 10.2 Å². The van der Waals surface area contributed by atoms with Crippen molar-refractivity contribution >= 4 is 34.8 Å². The maximum Gasteiger partial charge on any atom is 0.254 e. The first-order valence-electron chi connectivity index (χ1n) is 12.9. The summed E-state index contributed by atoms with van der Waals surface area (Å²) < 4.78 is 0. The zero-order valence-electron chi connectivity index (χ0n) is 20.7. The lowest BCUT2D eigenvalue weighted by molar-refractivity contribution is 0.0737. The first-order valence-corrected chi connectivity index (χ1v) is 12.9. The maximum atomic E-state index is 13.7. The van der Waals surface area contributed by atoms with E-state index in [9.17, 15) is 9.90 Å². The highest BCUT2D eigenvalue weighted by atomic mass is 16.3. The Labute approximate surface area is 215 Å². The Morgan fingerprint density at radius 1 is 0.946 bits per heavy atom. The molecule has 0 saturated carbocycles. The van der Waals surface area contributed by atoms with E-state index in [0.717, 1.165) is 42.7 Å². The van der Waals surface area contributed by atoms with E-state index in [2.05, 4.69) is 44.7 Å². The predicted molar refractivity (Wildman–Crippen MR) is 147 cm³/mol. The minimum Gasteiger partial charge on any atom is -0.508 e. The SMILES string of the molecule is O=C(c1cc(-c2ccc(O)cc2)nc2[nH]nc(/C=C/c3cccc(N4CCCC4)c3)c12)N1CCNCC1. The Bertz CT molecular complexity index is 1450. The summed E-state index contributed by atoms with van der Waals surface area (Å²) in [5, 5.41) is 21.3. The summed E-state index contributed by atoms with van der Waals surface area (Å²) in [6, 6.07) is 17.2. The van der Waals surface area contributed by atoms with Gasteiger partial charge in [-0.05, 0) is 66.9 Å². The first-order chi connectivity index (χ1) is 18.2. The number of rotatable bonds is 5. The maximum absolute atomic E-state index is 13.7. The van der Waals surface area contributed by atoms with Gasteiger partial charge < -0.3 is 20.2 Å². The van der Waals surface area contributed by atoms with Crippen molar-refractivity contribution in [1.29, 1.82) is 0 Å². The topological polar surface area (TPSA) is 97.4 Å². The quantitative estimate of drug-likeness (QED) is 0.386. The van der Waals surface area contributed by atoms with Gasteiger partial charge in [0, 0.05) is 50.5 Å². The molecular weight excluding hydrogens is 464 g/mol. The number of phenolic OH excluding ortho intramolecular Hbond substituents is 1. The zero-order chi connectivity index (χ0) is 25.2. The second-order valence-electron chi connectivity index (χ2n) is 9.60. The molecule has 188 valence electrons. The number of aromatic nitrogens is 3. The van der Waals surface area contributed by atoms with Gasteiger partial charge in [-0.1, -0.05) is 18.2 Å². The van der Waals surface area contributed by atoms with Crippen molar-refractivity contribution < 1.29 is 9.90 Å². The van der Waals surface area contributed by atoms with Crippen LogP contribution in [-0.4, -0.2) is 70.4 Å². The van der Waals surface area contributed by atoms with E-state index in [1.54, 1.807) is 24.3 Å². The fourth-order valence-corrected chi connectivity index (χ4v) is 5.14. The molecule has 2 aromatic carbocycles. The fourth-order valence-electron chi connectivity index (χ4n) is 5.14. The van der Waals surface area contributed by atoms with Gasteiger partial charge in [-0.15, -0.1) is 0 Å². The van der Waals surface area contributed by atoms with E-state index < -0.39 is 0 Å². The molecule has 8 heteroatoms. The van der Waals surface area contributed by atoms with Crippen LogP contribution in [0.2, 0.25) is 0 Å². The number of piperazine rings is 1. The lowest BCUT2D eigenvalue weighted by atomic mass is 10.0. The van der Waals surface area contributed by atoms with Crippen LogP contribution in [0.3, 0.4) is 0 Å². The molecule has 2 fully saturated rings. The highest BCUT2D eigenvalue weighted by Gasteiger charge is 2.24. The molecule has 4 heterocycles. The number of carbonyl (C=O) groups is 1. The standard InChI is InChI=1S/C29H30N6O2/c36-23-9-7-21(8-10-23)26-19-24(29(37)35-16-12-30-13-17-35)27-25(32-33-28(27)31-26)11-6-20-4-3-5-22(18-20)34-14-1-2-15-34/h3-11,18-19,30,36H,1-2,12-17H2,(H,31,32,33)/b11-6+. The van der Waals surface area contributed by atoms with E-state index in [0.29, 0.717) is 35.7 Å². The summed E-state index contributed by atoms with van der Waals surface area (Å²) in [6.45, 7) is 5.06. The lowest BCUT2D eigenvalue weighted by Gasteiger charge is -2.27. The number of aromatic hydroxyl groups is 1. The largest absolute Gasteiger partial charge is 0.508 e. The highest BCUT2D eigenvalue weighted by molar-refractivity contribution is 6.09. The number of hydrogen-bond acceptors (Lipinski definition) is 6. The molecule has 0 atom stereocenters. The van der Waals surface area contributed by atoms with Crippen LogP contribution in [0, 0.1) is 0 Å². The summed E-state index contributed by atoms with van der Waals surface area (Å²) in [6.07, 6.45) is 6.48. The highest BCUT2D eigenvalue weighted by Crippen LogP contribution is 2.29. The molecule has 8 nitrogen and oxygen atoms in total. The number of nitrogens with one attached hydrogen (secondary N) is 2. The molecule has 0 unspecified atom stereocenters. The van der Waals surface area contributed by atoms with Gasteiger partial charge in [0.15, 0.2) is 5.65 Å². The second kappa shape index (κ2) is 10.1. The number of aromatic amines is 1. The third-order valence-corrected chi connectivity index (χ3v) is 7.13. The Morgan fingerprint density at radius 2 is 1.73 bits per heavy atom. The van der Waals surface area contributed by atoms with Crippen molar-refractivity contribution in [3.8, 4) is 17.0 Å². The predicted octanol–water partition coefficient (Wildman–Crippen LogP) is 4.15. The molecular formula is C29H30N6O2. The molecule has 0 aliphatic carbocycles. The molecule has 2 saturated heterocycles. The van der Waals surface area contributed by atoms with Crippen molar-refractivity contribution in [2.75, 3.05) is 44.2 Å². The van der Waals surface area contributed by atoms with Crippen molar-refractivity contribution in [2.24, 2.45) is 0 Å². The number of carbonyl (C=O) groups excluding carboxylic acids is 1. The van der Waals surface area contributed by atoms with E-state index in [1.807, 2.05) is 23.1 Å². The van der Waals surface area contributed by atoms with Crippen molar-refractivity contribution in [2.45, 2.75) is 12.8 Å². The van der Waals surface area contributed by atoms with Crippen LogP contribution in [0.5, 0.6) is 5.75 Å². The Hall–Kier alpha value is -4.17. The van der Waals surface area contributed by atoms with Crippen molar-refractivity contribution in [3.05, 3.63) is 71.4 Å². The zero-order valence-corrected chi connectivity index (χ0v) is 20.7. The van der Waals surface area contributed by atoms with Gasteiger partial charge in [-0.25, -0.2) is 4.98 Å². The summed E-state index contributed by atoms with van der Waals surface area (Å²) in [5.74, 6) is 0.158. The molecule has 0 spiro atoms. The summed E-state index contributed by atoms with van der Waals surface area (Å²) in [4.78, 5) is 22.8. The molecule has 2 aliphatic rings. The number of H-pyrrole nitrogens is 1. The molecule has 3 N–H and O–H groups in total. The first kappa shape index (κ1) is 23.2. The normalized spacial score (nSPS) is 16.2. The fraction of sp³-hybridized carbons (Fsp3) is 0.276. The molecule has 4 aromatic rings. The molecule has 6 rings (SSSR count). The molecule has 1 amide bonds. The number of pyridine rings is 1. The lowest BCUT2D eigenvalue weighted by Crippen LogP contribution is -2.46. The molecule has 2 aliphatic heterocycles. The van der Waals surface area contributed by atoms with Crippen LogP contribution >= 0.6 is 0 Å². The van der Waals surface area contributed by atoms with Crippen LogP contribution in [0.25, 0.3) is 34.4 Å². The smallest absolute Gasteiger partial charge is 0.254 e. The third kappa shape index (κ3) is 4.80. The minimum atomic E-state index is -0.0268. The summed E-state index contributed by atoms with van der Waals surface area (Å²) in [7, 11) is 0. The van der Waals surface area contributed by atoms with Crippen molar-refractivity contribution in [1.82, 2.24) is 25.4 Å². The number of amides is 1. The van der Waals surface area contributed by atoms with Crippen LogP contribution in [0.4, 0.5) is 5.69 Å². The average molecular weight is 495 g/mol. The number of benzene rings is 2. The summed E-state index contributed by atoms with van der Waals surface area (Å²) >= 11 is 0.